The number of unbranched alkanes of at least 4 members (excludes halogenated alkanes) is 5. The van der Waals surface area contributed by atoms with Crippen molar-refractivity contribution in [3.63, 3.8) is 0 Å². The average Bonchev–Trinajstić information content (AvgIpc) is 2.62. The van der Waals surface area contributed by atoms with Gasteiger partial charge in [0, 0.05) is 0 Å². The summed E-state index contributed by atoms with van der Waals surface area (Å²) in [6.07, 6.45) is 12.2. The first-order valence-electron chi connectivity index (χ1n) is 9.87. The molecule has 2 heteroatoms. The smallest absolute Gasteiger partial charge is 0.119 e. The molecular weight excluding hydrogens is 294 g/mol. The molecule has 0 heterocycles. The number of hydrogen-bond acceptors (Lipinski definition) is 2. The molecule has 0 aromatic heterocycles. The van der Waals surface area contributed by atoms with Crippen LogP contribution in [-0.2, 0) is 0 Å². The first-order chi connectivity index (χ1) is 11.8. The Hall–Kier alpha value is -1.28. The fourth-order valence-corrected chi connectivity index (χ4v) is 2.81. The Morgan fingerprint density at radius 3 is 2.25 bits per heavy atom. The lowest BCUT2D eigenvalue weighted by Gasteiger charge is -2.21. The van der Waals surface area contributed by atoms with Crippen LogP contribution < -0.4 is 4.74 Å². The van der Waals surface area contributed by atoms with Gasteiger partial charge in [0.15, 0.2) is 0 Å². The molecule has 0 aliphatic rings. The number of nitrogens with zero attached hydrogens (tertiary/aromatic N) is 1. The van der Waals surface area contributed by atoms with Crippen LogP contribution in [0.4, 0.5) is 0 Å². The molecular formula is C22H37NO. The molecule has 0 aliphatic heterocycles. The van der Waals surface area contributed by atoms with Crippen molar-refractivity contribution in [3.05, 3.63) is 36.4 Å². The third-order valence-corrected chi connectivity index (χ3v) is 4.39. The maximum absolute atomic E-state index is 5.82. The third-order valence-electron chi connectivity index (χ3n) is 4.39. The maximum Gasteiger partial charge on any atom is 0.119 e. The topological polar surface area (TPSA) is 12.5 Å². The van der Waals surface area contributed by atoms with Gasteiger partial charge in [0.1, 0.15) is 5.75 Å². The Morgan fingerprint density at radius 1 is 0.917 bits per heavy atom. The zero-order valence-corrected chi connectivity index (χ0v) is 15.9. The summed E-state index contributed by atoms with van der Waals surface area (Å²) in [6.45, 7) is 13.0. The number of hydrogen-bond donors (Lipinski definition) is 0. The summed E-state index contributed by atoms with van der Waals surface area (Å²) in [4.78, 5) is 2.66. The maximum atomic E-state index is 5.82. The van der Waals surface area contributed by atoms with Gasteiger partial charge >= 0.3 is 0 Å². The predicted molar refractivity (Wildman–Crippen MR) is 107 cm³/mol. The fraction of sp³-hybridized carbons (Fsp3) is 0.636. The van der Waals surface area contributed by atoms with Crippen molar-refractivity contribution >= 4 is 6.08 Å². The summed E-state index contributed by atoms with van der Waals surface area (Å²) in [5.74, 6) is 0.956. The van der Waals surface area contributed by atoms with E-state index in [0.717, 1.165) is 24.3 Å². The lowest BCUT2D eigenvalue weighted by molar-refractivity contribution is 0.256. The van der Waals surface area contributed by atoms with Gasteiger partial charge in [-0.05, 0) is 63.0 Å². The van der Waals surface area contributed by atoms with Crippen LogP contribution in [0, 0.1) is 0 Å². The monoisotopic (exact) mass is 331 g/mol. The normalized spacial score (nSPS) is 11.0. The molecule has 1 aromatic rings. The average molecular weight is 332 g/mol. The van der Waals surface area contributed by atoms with E-state index < -0.39 is 0 Å². The summed E-state index contributed by atoms with van der Waals surface area (Å²) in [5.41, 5.74) is 1.12. The van der Waals surface area contributed by atoms with Gasteiger partial charge in [-0.2, -0.15) is 0 Å². The third kappa shape index (κ3) is 9.77. The molecule has 1 rings (SSSR count). The van der Waals surface area contributed by atoms with E-state index in [1.807, 2.05) is 30.3 Å². The van der Waals surface area contributed by atoms with Crippen LogP contribution in [-0.4, -0.2) is 31.1 Å². The molecule has 0 bridgehead atoms. The second-order valence-corrected chi connectivity index (χ2v) is 6.59. The van der Waals surface area contributed by atoms with Gasteiger partial charge in [0.25, 0.3) is 0 Å². The lowest BCUT2D eigenvalue weighted by Crippen LogP contribution is -2.27. The molecule has 1 aromatic carbocycles. The Bertz CT molecular complexity index is 422. The van der Waals surface area contributed by atoms with E-state index in [4.69, 9.17) is 4.74 Å². The Balaban J connectivity index is 2.08. The van der Waals surface area contributed by atoms with E-state index in [1.165, 1.54) is 64.6 Å². The van der Waals surface area contributed by atoms with Crippen molar-refractivity contribution in [2.75, 3.05) is 26.2 Å². The first kappa shape index (κ1) is 20.8. The van der Waals surface area contributed by atoms with Crippen LogP contribution >= 0.6 is 0 Å². The van der Waals surface area contributed by atoms with Gasteiger partial charge in [0.2, 0.25) is 0 Å². The second-order valence-electron chi connectivity index (χ2n) is 6.59. The van der Waals surface area contributed by atoms with Gasteiger partial charge in [-0.3, -0.25) is 0 Å². The van der Waals surface area contributed by atoms with E-state index in [-0.39, 0.29) is 0 Å². The predicted octanol–water partition coefficient (Wildman–Crippen LogP) is 6.17. The highest BCUT2D eigenvalue weighted by Crippen LogP contribution is 2.14. The van der Waals surface area contributed by atoms with Gasteiger partial charge in [0.05, 0.1) is 6.61 Å². The van der Waals surface area contributed by atoms with Gasteiger partial charge in [-0.15, -0.1) is 0 Å². The zero-order valence-electron chi connectivity index (χ0n) is 15.9. The Morgan fingerprint density at radius 2 is 1.58 bits per heavy atom. The highest BCUT2D eigenvalue weighted by atomic mass is 16.5. The van der Waals surface area contributed by atoms with Crippen LogP contribution in [0.3, 0.4) is 0 Å². The minimum atomic E-state index is 0.815. The van der Waals surface area contributed by atoms with E-state index in [1.54, 1.807) is 0 Å². The minimum absolute atomic E-state index is 0.815. The lowest BCUT2D eigenvalue weighted by atomic mass is 10.1. The van der Waals surface area contributed by atoms with E-state index in [2.05, 4.69) is 25.3 Å². The minimum Gasteiger partial charge on any atom is -0.494 e. The highest BCUT2D eigenvalue weighted by molar-refractivity contribution is 5.49. The Labute approximate surface area is 149 Å². The van der Waals surface area contributed by atoms with Crippen LogP contribution in [0.1, 0.15) is 70.8 Å². The fourth-order valence-electron chi connectivity index (χ4n) is 2.81. The van der Waals surface area contributed by atoms with E-state index in [9.17, 15) is 0 Å². The number of ether oxygens (including phenoxy) is 1. The standard InChI is InChI=1S/C22H37NO/c1-4-7-16-23(17-8-5-2)18-11-9-10-12-19-24-22-15-13-14-21(6-3)20-22/h6,13-15,20H,3-5,7-12,16-19H2,1-2H3. The van der Waals surface area contributed by atoms with Crippen LogP contribution in [0.2, 0.25) is 0 Å². The van der Waals surface area contributed by atoms with Crippen LogP contribution in [0.5, 0.6) is 5.75 Å². The second kappa shape index (κ2) is 14.1. The number of benzene rings is 1. The quantitative estimate of drug-likeness (QED) is 0.356. The van der Waals surface area contributed by atoms with Crippen molar-refractivity contribution in [1.82, 2.24) is 4.90 Å². The molecule has 0 fully saturated rings. The van der Waals surface area contributed by atoms with Crippen molar-refractivity contribution in [2.45, 2.75) is 65.2 Å². The molecule has 2 nitrogen and oxygen atoms in total. The molecule has 0 spiro atoms. The molecule has 0 atom stereocenters. The molecule has 24 heavy (non-hydrogen) atoms. The van der Waals surface area contributed by atoms with E-state index in [0.29, 0.717) is 0 Å². The molecule has 0 unspecified atom stereocenters. The van der Waals surface area contributed by atoms with Crippen LogP contribution in [0.25, 0.3) is 6.08 Å². The zero-order chi connectivity index (χ0) is 17.5. The van der Waals surface area contributed by atoms with Gasteiger partial charge in [-0.1, -0.05) is 64.3 Å². The summed E-state index contributed by atoms with van der Waals surface area (Å²) in [5, 5.41) is 0. The molecule has 136 valence electrons. The molecule has 0 saturated carbocycles. The summed E-state index contributed by atoms with van der Waals surface area (Å²) < 4.78 is 5.82. The molecule has 0 aliphatic carbocycles. The van der Waals surface area contributed by atoms with Crippen LogP contribution in [0.15, 0.2) is 30.8 Å². The summed E-state index contributed by atoms with van der Waals surface area (Å²) >= 11 is 0. The Kier molecular flexibility index (Phi) is 12.2. The van der Waals surface area contributed by atoms with E-state index >= 15 is 0 Å². The number of rotatable bonds is 15. The molecule has 0 N–H and O–H groups in total. The van der Waals surface area contributed by atoms with Gasteiger partial charge in [-0.25, -0.2) is 0 Å². The molecule has 0 saturated heterocycles. The van der Waals surface area contributed by atoms with Crippen molar-refractivity contribution in [2.24, 2.45) is 0 Å². The SMILES string of the molecule is C=Cc1cccc(OCCCCCCN(CCCC)CCCC)c1. The van der Waals surface area contributed by atoms with Crippen molar-refractivity contribution in [3.8, 4) is 5.75 Å². The van der Waals surface area contributed by atoms with Gasteiger partial charge < -0.3 is 9.64 Å². The molecule has 0 radical (unpaired) electrons. The van der Waals surface area contributed by atoms with Crippen molar-refractivity contribution in [1.29, 1.82) is 0 Å². The largest absolute Gasteiger partial charge is 0.494 e. The first-order valence-corrected chi connectivity index (χ1v) is 9.87. The summed E-state index contributed by atoms with van der Waals surface area (Å²) in [6, 6.07) is 8.13. The summed E-state index contributed by atoms with van der Waals surface area (Å²) in [7, 11) is 0. The highest BCUT2D eigenvalue weighted by Gasteiger charge is 2.03. The van der Waals surface area contributed by atoms with Crippen molar-refractivity contribution < 1.29 is 4.74 Å². The molecule has 0 amide bonds.